The van der Waals surface area contributed by atoms with Crippen LogP contribution < -0.4 is 4.90 Å². The number of amides is 2. The minimum absolute atomic E-state index is 0.0942. The van der Waals surface area contributed by atoms with Gasteiger partial charge in [0, 0.05) is 37.8 Å². The number of hydrogen-bond donors (Lipinski definition) is 0. The van der Waals surface area contributed by atoms with Crippen molar-refractivity contribution in [3.63, 3.8) is 0 Å². The maximum absolute atomic E-state index is 13.5. The second kappa shape index (κ2) is 9.97. The summed E-state index contributed by atoms with van der Waals surface area (Å²) >= 11 is 1.66. The number of nitrogens with zero attached hydrogens (tertiary/aromatic N) is 4. The molecular weight excluding hydrogens is 504 g/mol. The number of imide groups is 1. The molecule has 3 aromatic carbocycles. The van der Waals surface area contributed by atoms with Crippen molar-refractivity contribution in [3.8, 4) is 10.6 Å². The van der Waals surface area contributed by atoms with Crippen LogP contribution in [0.3, 0.4) is 0 Å². The Bertz CT molecular complexity index is 1550. The lowest BCUT2D eigenvalue weighted by atomic mass is 9.87. The molecule has 2 saturated heterocycles. The van der Waals surface area contributed by atoms with Crippen LogP contribution in [0.4, 0.5) is 5.69 Å². The van der Waals surface area contributed by atoms with Crippen molar-refractivity contribution in [1.29, 1.82) is 0 Å². The Morgan fingerprint density at radius 1 is 0.846 bits per heavy atom. The number of carbonyl (C=O) groups excluding carboxylic acids is 2. The number of fused-ring (bicyclic) bond motifs is 2. The molecule has 3 heterocycles. The van der Waals surface area contributed by atoms with Crippen LogP contribution in [-0.4, -0.2) is 64.9 Å². The van der Waals surface area contributed by atoms with Gasteiger partial charge in [-0.1, -0.05) is 30.3 Å². The number of aromatic nitrogens is 1. The molecule has 1 aliphatic carbocycles. The number of thiazole rings is 1. The van der Waals surface area contributed by atoms with E-state index < -0.39 is 0 Å². The fourth-order valence-electron chi connectivity index (χ4n) is 6.49. The molecule has 0 N–H and O–H groups in total. The zero-order valence-electron chi connectivity index (χ0n) is 22.2. The van der Waals surface area contributed by atoms with Crippen molar-refractivity contribution >= 4 is 39.1 Å². The monoisotopic (exact) mass is 536 g/mol. The molecule has 2 atom stereocenters. The van der Waals surface area contributed by atoms with Crippen LogP contribution in [0, 0.1) is 6.92 Å². The van der Waals surface area contributed by atoms with Gasteiger partial charge >= 0.3 is 0 Å². The summed E-state index contributed by atoms with van der Waals surface area (Å²) in [6, 6.07) is 23.0. The average molecular weight is 537 g/mol. The van der Waals surface area contributed by atoms with Crippen LogP contribution in [-0.2, 0) is 22.4 Å². The summed E-state index contributed by atoms with van der Waals surface area (Å²) < 4.78 is 1.16. The minimum atomic E-state index is -0.362. The second-order valence-corrected chi connectivity index (χ2v) is 12.1. The normalized spacial score (nSPS) is 22.5. The number of rotatable bonds is 4. The van der Waals surface area contributed by atoms with Crippen LogP contribution in [0.15, 0.2) is 66.7 Å². The van der Waals surface area contributed by atoms with Gasteiger partial charge in [-0.2, -0.15) is 0 Å². The van der Waals surface area contributed by atoms with E-state index in [-0.39, 0.29) is 24.3 Å². The van der Waals surface area contributed by atoms with Gasteiger partial charge in [0.25, 0.3) is 5.91 Å². The quantitative estimate of drug-likeness (QED) is 0.341. The van der Waals surface area contributed by atoms with Crippen molar-refractivity contribution in [1.82, 2.24) is 14.8 Å². The van der Waals surface area contributed by atoms with E-state index >= 15 is 0 Å². The van der Waals surface area contributed by atoms with E-state index in [4.69, 9.17) is 4.98 Å². The predicted octanol–water partition coefficient (Wildman–Crippen LogP) is 5.08. The van der Waals surface area contributed by atoms with Crippen LogP contribution in [0.5, 0.6) is 0 Å². The van der Waals surface area contributed by atoms with Gasteiger partial charge in [-0.3, -0.25) is 19.4 Å². The number of anilines is 1. The molecule has 3 aliphatic rings. The molecule has 198 valence electrons. The zero-order chi connectivity index (χ0) is 26.5. The fourth-order valence-corrected chi connectivity index (χ4v) is 7.55. The lowest BCUT2D eigenvalue weighted by Crippen LogP contribution is -2.55. The second-order valence-electron chi connectivity index (χ2n) is 11.1. The molecule has 2 aliphatic heterocycles. The number of piperazine rings is 1. The van der Waals surface area contributed by atoms with Crippen LogP contribution >= 0.6 is 11.3 Å². The minimum Gasteiger partial charge on any atom is -0.298 e. The summed E-state index contributed by atoms with van der Waals surface area (Å²) in [5.41, 5.74) is 6.82. The molecule has 0 bridgehead atoms. The highest BCUT2D eigenvalue weighted by molar-refractivity contribution is 7.21. The molecule has 1 aromatic heterocycles. The average Bonchev–Trinajstić information content (AvgIpc) is 3.52. The van der Waals surface area contributed by atoms with Crippen LogP contribution in [0.1, 0.15) is 29.5 Å². The number of carbonyl (C=O) groups is 2. The number of hydrogen-bond acceptors (Lipinski definition) is 6. The van der Waals surface area contributed by atoms with Gasteiger partial charge in [-0.25, -0.2) is 9.88 Å². The Balaban J connectivity index is 1.01. The number of benzene rings is 3. The van der Waals surface area contributed by atoms with Gasteiger partial charge in [0.05, 0.1) is 28.4 Å². The standard InChI is InChI=1S/C32H32N4O2S/c1-21-6-13-27-29(18-21)39-31(33-27)23-8-10-25(11-9-23)36-30(37)20-28(32(36)38)35-16-14-34(15-17-35)26-12-7-22-4-2-3-5-24(22)19-26/h2-6,8-11,13,18,26,28H,7,12,14-17,19-20H2,1H3/t26-,28+/m1/s1. The van der Waals surface area contributed by atoms with Gasteiger partial charge in [-0.15, -0.1) is 11.3 Å². The largest absolute Gasteiger partial charge is 0.298 e. The molecule has 0 unspecified atom stereocenters. The first-order valence-electron chi connectivity index (χ1n) is 13.9. The summed E-state index contributed by atoms with van der Waals surface area (Å²) in [4.78, 5) is 37.5. The van der Waals surface area contributed by atoms with Gasteiger partial charge in [0.1, 0.15) is 5.01 Å². The molecule has 6 nitrogen and oxygen atoms in total. The zero-order valence-corrected chi connectivity index (χ0v) is 23.0. The lowest BCUT2D eigenvalue weighted by Gasteiger charge is -2.42. The van der Waals surface area contributed by atoms with E-state index in [1.54, 1.807) is 11.3 Å². The summed E-state index contributed by atoms with van der Waals surface area (Å²) in [5.74, 6) is -0.206. The fraction of sp³-hybridized carbons (Fsp3) is 0.344. The molecule has 2 amide bonds. The first-order valence-corrected chi connectivity index (χ1v) is 14.7. The van der Waals surface area contributed by atoms with Crippen LogP contribution in [0.2, 0.25) is 0 Å². The first-order chi connectivity index (χ1) is 19.0. The van der Waals surface area contributed by atoms with E-state index in [9.17, 15) is 9.59 Å². The van der Waals surface area contributed by atoms with Gasteiger partial charge < -0.3 is 0 Å². The predicted molar refractivity (Wildman–Crippen MR) is 156 cm³/mol. The molecule has 2 fully saturated rings. The number of aryl methyl sites for hydroxylation is 2. The highest BCUT2D eigenvalue weighted by Crippen LogP contribution is 2.33. The third kappa shape index (κ3) is 4.58. The molecule has 39 heavy (non-hydrogen) atoms. The maximum Gasteiger partial charge on any atom is 0.251 e. The van der Waals surface area contributed by atoms with Gasteiger partial charge in [-0.05, 0) is 79.3 Å². The van der Waals surface area contributed by atoms with E-state index in [1.807, 2.05) is 24.3 Å². The lowest BCUT2D eigenvalue weighted by molar-refractivity contribution is -0.123. The van der Waals surface area contributed by atoms with E-state index in [0.717, 1.165) is 59.8 Å². The smallest absolute Gasteiger partial charge is 0.251 e. The summed E-state index contributed by atoms with van der Waals surface area (Å²) in [6.45, 7) is 5.63. The molecule has 7 rings (SSSR count). The molecular formula is C32H32N4O2S. The SMILES string of the molecule is Cc1ccc2nc(-c3ccc(N4C(=O)C[C@H](N5CCN([C@@H]6CCc7ccccc7C6)CC5)C4=O)cc3)sc2c1. The van der Waals surface area contributed by atoms with Crippen molar-refractivity contribution in [2.75, 3.05) is 31.1 Å². The Morgan fingerprint density at radius 2 is 1.59 bits per heavy atom. The van der Waals surface area contributed by atoms with Crippen molar-refractivity contribution in [2.24, 2.45) is 0 Å². The van der Waals surface area contributed by atoms with E-state index in [2.05, 4.69) is 59.2 Å². The Morgan fingerprint density at radius 3 is 2.38 bits per heavy atom. The molecule has 4 aromatic rings. The summed E-state index contributed by atoms with van der Waals surface area (Å²) in [7, 11) is 0. The Kier molecular flexibility index (Phi) is 6.30. The Labute approximate surface area is 232 Å². The topological polar surface area (TPSA) is 56.8 Å². The third-order valence-electron chi connectivity index (χ3n) is 8.67. The summed E-state index contributed by atoms with van der Waals surface area (Å²) in [6.07, 6.45) is 3.70. The highest BCUT2D eigenvalue weighted by Gasteiger charge is 2.43. The molecule has 0 spiro atoms. The van der Waals surface area contributed by atoms with Crippen molar-refractivity contribution < 1.29 is 9.59 Å². The van der Waals surface area contributed by atoms with E-state index in [1.165, 1.54) is 28.0 Å². The first kappa shape index (κ1) is 24.6. The van der Waals surface area contributed by atoms with Gasteiger partial charge in [0.2, 0.25) is 5.91 Å². The van der Waals surface area contributed by atoms with E-state index in [0.29, 0.717) is 11.7 Å². The van der Waals surface area contributed by atoms with Crippen molar-refractivity contribution in [3.05, 3.63) is 83.4 Å². The Hall–Kier alpha value is -3.39. The third-order valence-corrected chi connectivity index (χ3v) is 9.73. The van der Waals surface area contributed by atoms with Crippen LogP contribution in [0.25, 0.3) is 20.8 Å². The van der Waals surface area contributed by atoms with Gasteiger partial charge in [0.15, 0.2) is 0 Å². The summed E-state index contributed by atoms with van der Waals surface area (Å²) in [5, 5.41) is 0.943. The highest BCUT2D eigenvalue weighted by atomic mass is 32.1. The van der Waals surface area contributed by atoms with Crippen molar-refractivity contribution in [2.45, 2.75) is 44.7 Å². The molecule has 0 radical (unpaired) electrons. The molecule has 7 heteroatoms. The molecule has 0 saturated carbocycles. The maximum atomic E-state index is 13.5.